The molecule has 0 atom stereocenters. The second-order valence-electron chi connectivity index (χ2n) is 4.88. The molecule has 2 aromatic rings. The van der Waals surface area contributed by atoms with Crippen LogP contribution in [0.3, 0.4) is 0 Å². The van der Waals surface area contributed by atoms with Gasteiger partial charge in [0.2, 0.25) is 0 Å². The van der Waals surface area contributed by atoms with E-state index in [0.717, 1.165) is 22.5 Å². The fraction of sp³-hybridized carbons (Fsp3) is 0.333. The SMILES string of the molecule is CSc1nc(C)c(Cc2ccc(N(C)C)cc2)c(=O)[nH]1. The Balaban J connectivity index is 2.28. The van der Waals surface area contributed by atoms with Crippen LogP contribution in [-0.4, -0.2) is 30.3 Å². The summed E-state index contributed by atoms with van der Waals surface area (Å²) in [6.07, 6.45) is 2.51. The first-order valence-corrected chi connectivity index (χ1v) is 7.63. The standard InChI is InChI=1S/C15H19N3OS/c1-10-13(14(19)17-15(16-10)20-4)9-11-5-7-12(8-6-11)18(2)3/h5-8H,9H2,1-4H3,(H,16,17,19). The van der Waals surface area contributed by atoms with Gasteiger partial charge >= 0.3 is 0 Å². The third-order valence-electron chi connectivity index (χ3n) is 3.23. The molecule has 0 fully saturated rings. The largest absolute Gasteiger partial charge is 0.378 e. The van der Waals surface area contributed by atoms with Crippen molar-refractivity contribution in [2.75, 3.05) is 25.3 Å². The van der Waals surface area contributed by atoms with Crippen molar-refractivity contribution in [3.05, 3.63) is 51.4 Å². The van der Waals surface area contributed by atoms with Crippen LogP contribution in [0, 0.1) is 6.92 Å². The highest BCUT2D eigenvalue weighted by molar-refractivity contribution is 7.98. The van der Waals surface area contributed by atoms with Gasteiger partial charge in [-0.1, -0.05) is 23.9 Å². The zero-order valence-corrected chi connectivity index (χ0v) is 13.0. The third-order valence-corrected chi connectivity index (χ3v) is 3.81. The van der Waals surface area contributed by atoms with Crippen LogP contribution in [0.15, 0.2) is 34.2 Å². The van der Waals surface area contributed by atoms with E-state index >= 15 is 0 Å². The molecule has 0 aliphatic heterocycles. The van der Waals surface area contributed by atoms with Crippen LogP contribution in [0.25, 0.3) is 0 Å². The van der Waals surface area contributed by atoms with Gasteiger partial charge in [-0.15, -0.1) is 0 Å². The van der Waals surface area contributed by atoms with E-state index in [1.165, 1.54) is 11.8 Å². The summed E-state index contributed by atoms with van der Waals surface area (Å²) >= 11 is 1.45. The summed E-state index contributed by atoms with van der Waals surface area (Å²) in [6.45, 7) is 1.89. The lowest BCUT2D eigenvalue weighted by Crippen LogP contribution is -2.17. The Morgan fingerprint density at radius 2 is 1.90 bits per heavy atom. The molecule has 20 heavy (non-hydrogen) atoms. The molecule has 0 bridgehead atoms. The minimum Gasteiger partial charge on any atom is -0.378 e. The lowest BCUT2D eigenvalue weighted by molar-refractivity contribution is 0.868. The average Bonchev–Trinajstić information content (AvgIpc) is 2.43. The van der Waals surface area contributed by atoms with Crippen LogP contribution in [0.1, 0.15) is 16.8 Å². The summed E-state index contributed by atoms with van der Waals surface area (Å²) in [5, 5.41) is 0.666. The van der Waals surface area contributed by atoms with E-state index in [1.54, 1.807) is 0 Å². The summed E-state index contributed by atoms with van der Waals surface area (Å²) in [4.78, 5) is 21.3. The molecule has 0 unspecified atom stereocenters. The Hall–Kier alpha value is -1.75. The van der Waals surface area contributed by atoms with Crippen molar-refractivity contribution in [3.8, 4) is 0 Å². The first kappa shape index (κ1) is 14.7. The van der Waals surface area contributed by atoms with Gasteiger partial charge in [-0.25, -0.2) is 4.98 Å². The molecule has 106 valence electrons. The topological polar surface area (TPSA) is 49.0 Å². The van der Waals surface area contributed by atoms with Crippen molar-refractivity contribution in [3.63, 3.8) is 0 Å². The number of aryl methyl sites for hydroxylation is 1. The highest BCUT2D eigenvalue weighted by atomic mass is 32.2. The molecule has 0 saturated heterocycles. The maximum atomic E-state index is 12.1. The third kappa shape index (κ3) is 3.22. The van der Waals surface area contributed by atoms with E-state index < -0.39 is 0 Å². The number of anilines is 1. The zero-order chi connectivity index (χ0) is 14.7. The number of hydrogen-bond acceptors (Lipinski definition) is 4. The summed E-state index contributed by atoms with van der Waals surface area (Å²) in [5.74, 6) is 0. The number of benzene rings is 1. The van der Waals surface area contributed by atoms with E-state index in [2.05, 4.69) is 39.1 Å². The molecular weight excluding hydrogens is 270 g/mol. The summed E-state index contributed by atoms with van der Waals surface area (Å²) in [7, 11) is 4.02. The Bertz CT molecular complexity index is 647. The van der Waals surface area contributed by atoms with E-state index in [-0.39, 0.29) is 5.56 Å². The fourth-order valence-corrected chi connectivity index (χ4v) is 2.43. The van der Waals surface area contributed by atoms with Gasteiger partial charge in [0, 0.05) is 37.5 Å². The van der Waals surface area contributed by atoms with Crippen LogP contribution >= 0.6 is 11.8 Å². The molecule has 0 amide bonds. The number of hydrogen-bond donors (Lipinski definition) is 1. The van der Waals surface area contributed by atoms with Crippen molar-refractivity contribution >= 4 is 17.4 Å². The van der Waals surface area contributed by atoms with Gasteiger partial charge in [-0.2, -0.15) is 0 Å². The first-order valence-electron chi connectivity index (χ1n) is 6.41. The van der Waals surface area contributed by atoms with Crippen molar-refractivity contribution in [1.29, 1.82) is 0 Å². The molecule has 0 radical (unpaired) electrons. The lowest BCUT2D eigenvalue weighted by atomic mass is 10.0. The van der Waals surface area contributed by atoms with Crippen LogP contribution < -0.4 is 10.5 Å². The number of rotatable bonds is 4. The van der Waals surface area contributed by atoms with Crippen molar-refractivity contribution in [2.24, 2.45) is 0 Å². The lowest BCUT2D eigenvalue weighted by Gasteiger charge is -2.13. The Labute approximate surface area is 123 Å². The molecule has 0 saturated carbocycles. The molecule has 1 heterocycles. The van der Waals surface area contributed by atoms with Gasteiger partial charge in [-0.05, 0) is 30.9 Å². The smallest absolute Gasteiger partial charge is 0.255 e. The Kier molecular flexibility index (Phi) is 4.49. The van der Waals surface area contributed by atoms with Gasteiger partial charge in [0.15, 0.2) is 5.16 Å². The number of thioether (sulfide) groups is 1. The number of nitrogens with zero attached hydrogens (tertiary/aromatic N) is 2. The molecular formula is C15H19N3OS. The van der Waals surface area contributed by atoms with Crippen LogP contribution in [0.4, 0.5) is 5.69 Å². The monoisotopic (exact) mass is 289 g/mol. The normalized spacial score (nSPS) is 10.6. The van der Waals surface area contributed by atoms with Crippen molar-refractivity contribution in [1.82, 2.24) is 9.97 Å². The molecule has 0 aliphatic rings. The van der Waals surface area contributed by atoms with E-state index in [1.807, 2.05) is 27.3 Å². The number of aromatic amines is 1. The molecule has 0 spiro atoms. The highest BCUT2D eigenvalue weighted by Crippen LogP contribution is 2.16. The number of aromatic nitrogens is 2. The maximum Gasteiger partial charge on any atom is 0.255 e. The van der Waals surface area contributed by atoms with Gasteiger partial charge < -0.3 is 9.88 Å². The van der Waals surface area contributed by atoms with E-state index in [9.17, 15) is 4.79 Å². The Morgan fingerprint density at radius 1 is 1.25 bits per heavy atom. The van der Waals surface area contributed by atoms with Crippen LogP contribution in [-0.2, 0) is 6.42 Å². The predicted molar refractivity (Wildman–Crippen MR) is 85.0 cm³/mol. The molecule has 1 aromatic carbocycles. The van der Waals surface area contributed by atoms with Crippen molar-refractivity contribution < 1.29 is 0 Å². The van der Waals surface area contributed by atoms with Crippen LogP contribution in [0.2, 0.25) is 0 Å². The highest BCUT2D eigenvalue weighted by Gasteiger charge is 2.09. The maximum absolute atomic E-state index is 12.1. The van der Waals surface area contributed by atoms with Gasteiger partial charge in [0.25, 0.3) is 5.56 Å². The van der Waals surface area contributed by atoms with Gasteiger partial charge in [0.05, 0.1) is 0 Å². The fourth-order valence-electron chi connectivity index (χ4n) is 2.01. The van der Waals surface area contributed by atoms with Gasteiger partial charge in [-0.3, -0.25) is 4.79 Å². The Morgan fingerprint density at radius 3 is 2.40 bits per heavy atom. The predicted octanol–water partition coefficient (Wildman–Crippen LogP) is 2.46. The molecule has 1 aromatic heterocycles. The zero-order valence-electron chi connectivity index (χ0n) is 12.2. The molecule has 1 N–H and O–H groups in total. The summed E-state index contributed by atoms with van der Waals surface area (Å²) in [5.41, 5.74) is 3.76. The number of H-pyrrole nitrogens is 1. The minimum absolute atomic E-state index is 0.0430. The van der Waals surface area contributed by atoms with E-state index in [4.69, 9.17) is 0 Å². The quantitative estimate of drug-likeness (QED) is 0.694. The molecule has 2 rings (SSSR count). The second-order valence-corrected chi connectivity index (χ2v) is 5.67. The van der Waals surface area contributed by atoms with Crippen molar-refractivity contribution in [2.45, 2.75) is 18.5 Å². The van der Waals surface area contributed by atoms with Gasteiger partial charge in [0.1, 0.15) is 0 Å². The minimum atomic E-state index is -0.0430. The summed E-state index contributed by atoms with van der Waals surface area (Å²) in [6, 6.07) is 8.22. The van der Waals surface area contributed by atoms with Crippen LogP contribution in [0.5, 0.6) is 0 Å². The van der Waals surface area contributed by atoms with E-state index in [0.29, 0.717) is 11.6 Å². The average molecular weight is 289 g/mol. The second kappa shape index (κ2) is 6.13. The summed E-state index contributed by atoms with van der Waals surface area (Å²) < 4.78 is 0. The molecule has 5 heteroatoms. The molecule has 4 nitrogen and oxygen atoms in total. The first-order chi connectivity index (χ1) is 9.51. The molecule has 0 aliphatic carbocycles. The number of nitrogens with one attached hydrogen (secondary N) is 1.